The molecule has 29 heavy (non-hydrogen) atoms. The van der Waals surface area contributed by atoms with Crippen LogP contribution in [0.5, 0.6) is 0 Å². The molecule has 2 aromatic heterocycles. The first-order valence-corrected chi connectivity index (χ1v) is 10.6. The van der Waals surface area contributed by atoms with E-state index in [4.69, 9.17) is 9.56 Å². The summed E-state index contributed by atoms with van der Waals surface area (Å²) >= 11 is 0. The van der Waals surface area contributed by atoms with E-state index in [2.05, 4.69) is 20.7 Å². The van der Waals surface area contributed by atoms with Gasteiger partial charge in [0.1, 0.15) is 5.76 Å². The molecule has 0 fully saturated rings. The van der Waals surface area contributed by atoms with Crippen molar-refractivity contribution in [3.05, 3.63) is 71.9 Å². The van der Waals surface area contributed by atoms with E-state index >= 15 is 0 Å². The van der Waals surface area contributed by atoms with Crippen LogP contribution < -0.4 is 15.8 Å². The highest BCUT2D eigenvalue weighted by Crippen LogP contribution is 2.09. The van der Waals surface area contributed by atoms with Crippen LogP contribution in [-0.2, 0) is 36.6 Å². The molecule has 0 bridgehead atoms. The highest BCUT2D eigenvalue weighted by Gasteiger charge is 2.07. The summed E-state index contributed by atoms with van der Waals surface area (Å²) in [5.41, 5.74) is 1.88. The largest absolute Gasteiger partial charge is 0.469 e. The maximum Gasteiger partial charge on any atom is 0.238 e. The van der Waals surface area contributed by atoms with Gasteiger partial charge in [-0.25, -0.2) is 18.5 Å². The molecular weight excluding hydrogens is 392 g/mol. The standard InChI is InChI=1S/C19H24N6O3S/c1-25-16(8-11-24-25)14-23-19(21-10-9-17-3-2-12-28-17)22-13-15-4-6-18(7-5-15)29(20,26)27/h2-8,11-12H,9-10,13-14H2,1H3,(H2,20,26,27)(H2,21,22,23). The van der Waals surface area contributed by atoms with Crippen molar-refractivity contribution in [2.75, 3.05) is 6.54 Å². The van der Waals surface area contributed by atoms with Gasteiger partial charge < -0.3 is 15.1 Å². The summed E-state index contributed by atoms with van der Waals surface area (Å²) < 4.78 is 29.9. The second kappa shape index (κ2) is 9.39. The Morgan fingerprint density at radius 2 is 2.00 bits per heavy atom. The number of aryl methyl sites for hydroxylation is 1. The first-order chi connectivity index (χ1) is 13.9. The lowest BCUT2D eigenvalue weighted by atomic mass is 10.2. The predicted octanol–water partition coefficient (Wildman–Crippen LogP) is 1.14. The number of aromatic nitrogens is 2. The van der Waals surface area contributed by atoms with Crippen molar-refractivity contribution in [2.45, 2.75) is 24.4 Å². The summed E-state index contributed by atoms with van der Waals surface area (Å²) in [4.78, 5) is 4.67. The van der Waals surface area contributed by atoms with E-state index in [1.54, 1.807) is 29.3 Å². The molecule has 0 atom stereocenters. The van der Waals surface area contributed by atoms with Gasteiger partial charge in [-0.2, -0.15) is 5.10 Å². The molecule has 0 saturated heterocycles. The quantitative estimate of drug-likeness (QED) is 0.373. The molecule has 9 nitrogen and oxygen atoms in total. The Kier molecular flexibility index (Phi) is 6.68. The van der Waals surface area contributed by atoms with Gasteiger partial charge in [-0.1, -0.05) is 12.1 Å². The van der Waals surface area contributed by atoms with E-state index in [-0.39, 0.29) is 4.90 Å². The molecule has 3 rings (SSSR count). The van der Waals surface area contributed by atoms with E-state index in [0.717, 1.165) is 23.4 Å². The van der Waals surface area contributed by atoms with Crippen LogP contribution in [0.15, 0.2) is 69.2 Å². The molecule has 0 aliphatic carbocycles. The van der Waals surface area contributed by atoms with Gasteiger partial charge in [-0.3, -0.25) is 4.68 Å². The fourth-order valence-corrected chi connectivity index (χ4v) is 3.15. The zero-order chi connectivity index (χ0) is 20.7. The summed E-state index contributed by atoms with van der Waals surface area (Å²) in [6.45, 7) is 1.59. The summed E-state index contributed by atoms with van der Waals surface area (Å²) in [6.07, 6.45) is 4.11. The summed E-state index contributed by atoms with van der Waals surface area (Å²) in [7, 11) is -1.82. The fraction of sp³-hybridized carbons (Fsp3) is 0.263. The topological polar surface area (TPSA) is 128 Å². The van der Waals surface area contributed by atoms with Crippen molar-refractivity contribution < 1.29 is 12.8 Å². The Labute approximate surface area is 169 Å². The number of furan rings is 1. The lowest BCUT2D eigenvalue weighted by molar-refractivity contribution is 0.506. The van der Waals surface area contributed by atoms with Crippen LogP contribution in [0.3, 0.4) is 0 Å². The first-order valence-electron chi connectivity index (χ1n) is 9.05. The predicted molar refractivity (Wildman–Crippen MR) is 109 cm³/mol. The van der Waals surface area contributed by atoms with Crippen LogP contribution >= 0.6 is 0 Å². The number of guanidine groups is 1. The number of primary sulfonamides is 1. The second-order valence-electron chi connectivity index (χ2n) is 6.41. The Hall–Kier alpha value is -3.11. The highest BCUT2D eigenvalue weighted by molar-refractivity contribution is 7.89. The van der Waals surface area contributed by atoms with Crippen LogP contribution in [0.25, 0.3) is 0 Å². The van der Waals surface area contributed by atoms with Crippen molar-refractivity contribution >= 4 is 16.0 Å². The highest BCUT2D eigenvalue weighted by atomic mass is 32.2. The van der Waals surface area contributed by atoms with Gasteiger partial charge >= 0.3 is 0 Å². The maximum absolute atomic E-state index is 11.4. The molecule has 0 radical (unpaired) electrons. The molecule has 10 heteroatoms. The fourth-order valence-electron chi connectivity index (χ4n) is 2.64. The average Bonchev–Trinajstić information content (AvgIpc) is 3.35. The third kappa shape index (κ3) is 6.19. The van der Waals surface area contributed by atoms with Gasteiger partial charge in [0.05, 0.1) is 29.9 Å². The van der Waals surface area contributed by atoms with Crippen LogP contribution in [-0.4, -0.2) is 30.7 Å². The number of hydrogen-bond acceptors (Lipinski definition) is 5. The number of nitrogens with one attached hydrogen (secondary N) is 2. The van der Waals surface area contributed by atoms with Gasteiger partial charge in [0, 0.05) is 26.2 Å². The Morgan fingerprint density at radius 3 is 2.62 bits per heavy atom. The van der Waals surface area contributed by atoms with Gasteiger partial charge in [0.25, 0.3) is 0 Å². The zero-order valence-corrected chi connectivity index (χ0v) is 16.9. The number of aliphatic imine (C=N–C) groups is 1. The molecule has 0 aliphatic heterocycles. The summed E-state index contributed by atoms with van der Waals surface area (Å²) in [6, 6.07) is 12.1. The molecule has 0 amide bonds. The number of benzene rings is 1. The van der Waals surface area contributed by atoms with Gasteiger partial charge in [0.2, 0.25) is 10.0 Å². The molecule has 0 aliphatic rings. The van der Waals surface area contributed by atoms with E-state index in [1.165, 1.54) is 12.1 Å². The molecule has 3 aromatic rings. The van der Waals surface area contributed by atoms with Crippen molar-refractivity contribution in [1.29, 1.82) is 0 Å². The van der Waals surface area contributed by atoms with Gasteiger partial charge in [0.15, 0.2) is 5.96 Å². The second-order valence-corrected chi connectivity index (χ2v) is 7.97. The molecule has 154 valence electrons. The van der Waals surface area contributed by atoms with Crippen molar-refractivity contribution in [1.82, 2.24) is 20.4 Å². The Morgan fingerprint density at radius 1 is 1.21 bits per heavy atom. The number of rotatable bonds is 8. The van der Waals surface area contributed by atoms with Gasteiger partial charge in [-0.15, -0.1) is 0 Å². The average molecular weight is 417 g/mol. The molecule has 0 saturated carbocycles. The molecule has 4 N–H and O–H groups in total. The third-order valence-corrected chi connectivity index (χ3v) is 5.20. The van der Waals surface area contributed by atoms with E-state index in [1.807, 2.05) is 25.2 Å². The third-order valence-electron chi connectivity index (χ3n) is 4.27. The molecule has 2 heterocycles. The minimum Gasteiger partial charge on any atom is -0.469 e. The molecule has 0 unspecified atom stereocenters. The minimum atomic E-state index is -3.70. The zero-order valence-electron chi connectivity index (χ0n) is 16.1. The smallest absolute Gasteiger partial charge is 0.238 e. The SMILES string of the molecule is Cn1nccc1CNC(=NCc1ccc(S(N)(=O)=O)cc1)NCCc1ccco1. The Bertz CT molecular complexity index is 1040. The van der Waals surface area contributed by atoms with Crippen LogP contribution in [0.4, 0.5) is 0 Å². The first kappa shape index (κ1) is 20.6. The number of nitrogens with two attached hydrogens (primary N) is 1. The summed E-state index contributed by atoms with van der Waals surface area (Å²) in [5.74, 6) is 1.52. The molecule has 1 aromatic carbocycles. The van der Waals surface area contributed by atoms with E-state index in [9.17, 15) is 8.42 Å². The van der Waals surface area contributed by atoms with E-state index in [0.29, 0.717) is 25.6 Å². The van der Waals surface area contributed by atoms with Gasteiger partial charge in [-0.05, 0) is 35.9 Å². The lowest BCUT2D eigenvalue weighted by Gasteiger charge is -2.12. The van der Waals surface area contributed by atoms with Crippen molar-refractivity contribution in [3.63, 3.8) is 0 Å². The minimum absolute atomic E-state index is 0.0800. The van der Waals surface area contributed by atoms with Crippen LogP contribution in [0, 0.1) is 0 Å². The Balaban J connectivity index is 1.64. The van der Waals surface area contributed by atoms with Crippen molar-refractivity contribution in [3.8, 4) is 0 Å². The number of hydrogen-bond donors (Lipinski definition) is 3. The van der Waals surface area contributed by atoms with Crippen molar-refractivity contribution in [2.24, 2.45) is 17.2 Å². The molecule has 0 spiro atoms. The number of nitrogens with zero attached hydrogens (tertiary/aromatic N) is 3. The summed E-state index contributed by atoms with van der Waals surface area (Å²) in [5, 5.41) is 15.8. The number of sulfonamides is 1. The normalized spacial score (nSPS) is 12.1. The monoisotopic (exact) mass is 416 g/mol. The maximum atomic E-state index is 11.4. The van der Waals surface area contributed by atoms with Crippen LogP contribution in [0.2, 0.25) is 0 Å². The lowest BCUT2D eigenvalue weighted by Crippen LogP contribution is -2.38. The van der Waals surface area contributed by atoms with E-state index < -0.39 is 10.0 Å². The molecular formula is C19H24N6O3S. The van der Waals surface area contributed by atoms with Crippen LogP contribution in [0.1, 0.15) is 17.0 Å².